The first-order chi connectivity index (χ1) is 15.2. The third-order valence-corrected chi connectivity index (χ3v) is 4.76. The summed E-state index contributed by atoms with van der Waals surface area (Å²) in [6.45, 7) is 15.6. The summed E-state index contributed by atoms with van der Waals surface area (Å²) in [6.07, 6.45) is 4.01. The topological polar surface area (TPSA) is 91.7 Å². The Bertz CT molecular complexity index is 940. The number of hydrogen-bond donors (Lipinski definition) is 1. The van der Waals surface area contributed by atoms with Crippen LogP contribution in [-0.4, -0.2) is 45.0 Å². The second kappa shape index (κ2) is 10.3. The molecule has 1 aromatic carbocycles. The van der Waals surface area contributed by atoms with Crippen molar-refractivity contribution in [1.82, 2.24) is 14.9 Å². The number of benzene rings is 1. The first kappa shape index (κ1) is 26.2. The highest BCUT2D eigenvalue weighted by Crippen LogP contribution is 2.24. The van der Waals surface area contributed by atoms with E-state index in [1.54, 1.807) is 27.1 Å². The van der Waals surface area contributed by atoms with Crippen LogP contribution in [0.2, 0.25) is 0 Å². The van der Waals surface area contributed by atoms with E-state index in [2.05, 4.69) is 10.3 Å². The van der Waals surface area contributed by atoms with Gasteiger partial charge in [-0.2, -0.15) is 0 Å². The van der Waals surface area contributed by atoms with Crippen LogP contribution in [0.4, 0.5) is 4.79 Å². The van der Waals surface area contributed by atoms with Crippen molar-refractivity contribution in [2.45, 2.75) is 85.1 Å². The van der Waals surface area contributed by atoms with Crippen LogP contribution in [0.25, 0.3) is 11.3 Å². The number of carbonyl (C=O) groups excluding carboxylic acids is 2. The highest BCUT2D eigenvalue weighted by atomic mass is 16.6. The standard InChI is InChI=1S/C25H37N3O5/c1-9-31-21(29)25(7,8)32-19-12-10-18(11-13-19)20-16-28(17-26-20)15-14-24(5,6)27-22(30)33-23(2,3)4/h10-13,16-17H,9,14-15H2,1-8H3,(H,27,30). The van der Waals surface area contributed by atoms with E-state index >= 15 is 0 Å². The van der Waals surface area contributed by atoms with Crippen LogP contribution in [0, 0.1) is 0 Å². The minimum Gasteiger partial charge on any atom is -0.476 e. The number of alkyl carbamates (subject to hydrolysis) is 1. The van der Waals surface area contributed by atoms with Crippen molar-refractivity contribution in [3.05, 3.63) is 36.8 Å². The molecule has 0 atom stereocenters. The zero-order valence-corrected chi connectivity index (χ0v) is 21.0. The van der Waals surface area contributed by atoms with Crippen molar-refractivity contribution < 1.29 is 23.8 Å². The molecule has 0 fully saturated rings. The van der Waals surface area contributed by atoms with Gasteiger partial charge < -0.3 is 24.1 Å². The van der Waals surface area contributed by atoms with Crippen molar-refractivity contribution in [1.29, 1.82) is 0 Å². The van der Waals surface area contributed by atoms with Gasteiger partial charge >= 0.3 is 12.1 Å². The summed E-state index contributed by atoms with van der Waals surface area (Å²) in [5.41, 5.74) is -0.282. The van der Waals surface area contributed by atoms with E-state index in [0.29, 0.717) is 25.3 Å². The van der Waals surface area contributed by atoms with Gasteiger partial charge in [-0.1, -0.05) is 0 Å². The Morgan fingerprint density at radius 1 is 1.03 bits per heavy atom. The minimum absolute atomic E-state index is 0.307. The van der Waals surface area contributed by atoms with E-state index in [-0.39, 0.29) is 0 Å². The van der Waals surface area contributed by atoms with Crippen LogP contribution in [0.15, 0.2) is 36.8 Å². The number of nitrogens with one attached hydrogen (secondary N) is 1. The molecule has 0 aliphatic carbocycles. The predicted molar refractivity (Wildman–Crippen MR) is 127 cm³/mol. The number of carbonyl (C=O) groups is 2. The van der Waals surface area contributed by atoms with Crippen molar-refractivity contribution >= 4 is 12.1 Å². The molecule has 2 aromatic rings. The van der Waals surface area contributed by atoms with Crippen molar-refractivity contribution in [2.24, 2.45) is 0 Å². The molecule has 1 amide bonds. The molecule has 0 saturated carbocycles. The lowest BCUT2D eigenvalue weighted by Crippen LogP contribution is -2.46. The van der Waals surface area contributed by atoms with Gasteiger partial charge in [0.2, 0.25) is 0 Å². The molecular weight excluding hydrogens is 422 g/mol. The fourth-order valence-corrected chi connectivity index (χ4v) is 3.02. The summed E-state index contributed by atoms with van der Waals surface area (Å²) in [5.74, 6) is 0.170. The lowest BCUT2D eigenvalue weighted by molar-refractivity contribution is -0.158. The summed E-state index contributed by atoms with van der Waals surface area (Å²) < 4.78 is 18.2. The number of amides is 1. The van der Waals surface area contributed by atoms with Crippen LogP contribution in [-0.2, 0) is 20.8 Å². The Morgan fingerprint density at radius 3 is 2.24 bits per heavy atom. The molecule has 8 nitrogen and oxygen atoms in total. The van der Waals surface area contributed by atoms with E-state index in [0.717, 1.165) is 11.3 Å². The molecule has 0 bridgehead atoms. The fourth-order valence-electron chi connectivity index (χ4n) is 3.02. The zero-order valence-electron chi connectivity index (χ0n) is 21.0. The maximum Gasteiger partial charge on any atom is 0.408 e. The Kier molecular flexibility index (Phi) is 8.16. The second-order valence-corrected chi connectivity index (χ2v) is 10.1. The molecular formula is C25H37N3O5. The van der Waals surface area contributed by atoms with Gasteiger partial charge in [-0.3, -0.25) is 0 Å². The highest BCUT2D eigenvalue weighted by molar-refractivity contribution is 5.79. The van der Waals surface area contributed by atoms with E-state index in [1.165, 1.54) is 0 Å². The smallest absolute Gasteiger partial charge is 0.408 e. The number of hydrogen-bond acceptors (Lipinski definition) is 6. The quantitative estimate of drug-likeness (QED) is 0.533. The normalized spacial score (nSPS) is 12.2. The zero-order chi connectivity index (χ0) is 24.9. The largest absolute Gasteiger partial charge is 0.476 e. The molecule has 0 saturated heterocycles. The highest BCUT2D eigenvalue weighted by Gasteiger charge is 2.31. The van der Waals surface area contributed by atoms with Crippen LogP contribution in [0.3, 0.4) is 0 Å². The number of imidazole rings is 1. The van der Waals surface area contributed by atoms with Crippen molar-refractivity contribution in [3.8, 4) is 17.0 Å². The number of aryl methyl sites for hydroxylation is 1. The summed E-state index contributed by atoms with van der Waals surface area (Å²) in [4.78, 5) is 28.6. The molecule has 1 aromatic heterocycles. The number of rotatable bonds is 9. The fraction of sp³-hybridized carbons (Fsp3) is 0.560. The van der Waals surface area contributed by atoms with Gasteiger partial charge in [0.1, 0.15) is 11.4 Å². The summed E-state index contributed by atoms with van der Waals surface area (Å²) in [6, 6.07) is 7.42. The van der Waals surface area contributed by atoms with E-state index in [1.807, 2.05) is 69.6 Å². The molecule has 2 rings (SSSR count). The average Bonchev–Trinajstić information content (AvgIpc) is 3.14. The van der Waals surface area contributed by atoms with Gasteiger partial charge in [0.25, 0.3) is 0 Å². The van der Waals surface area contributed by atoms with Gasteiger partial charge in [-0.25, -0.2) is 14.6 Å². The van der Waals surface area contributed by atoms with Crippen molar-refractivity contribution in [2.75, 3.05) is 6.61 Å². The lowest BCUT2D eigenvalue weighted by atomic mass is 10.0. The number of esters is 1. The summed E-state index contributed by atoms with van der Waals surface area (Å²) in [5, 5.41) is 2.92. The minimum atomic E-state index is -1.07. The molecule has 1 heterocycles. The van der Waals surface area contributed by atoms with Crippen LogP contribution in [0.1, 0.15) is 61.8 Å². The SMILES string of the molecule is CCOC(=O)C(C)(C)Oc1ccc(-c2cn(CCC(C)(C)NC(=O)OC(C)(C)C)cn2)cc1. The predicted octanol–water partition coefficient (Wildman–Crippen LogP) is 4.96. The number of ether oxygens (including phenoxy) is 3. The van der Waals surface area contributed by atoms with E-state index in [9.17, 15) is 9.59 Å². The van der Waals surface area contributed by atoms with Gasteiger partial charge in [0.15, 0.2) is 5.60 Å². The molecule has 1 N–H and O–H groups in total. The van der Waals surface area contributed by atoms with Crippen molar-refractivity contribution in [3.63, 3.8) is 0 Å². The average molecular weight is 460 g/mol. The van der Waals surface area contributed by atoms with Gasteiger partial charge in [0.05, 0.1) is 18.6 Å². The van der Waals surface area contributed by atoms with Crippen LogP contribution in [0.5, 0.6) is 5.75 Å². The first-order valence-electron chi connectivity index (χ1n) is 11.2. The molecule has 0 aliphatic heterocycles. The molecule has 0 aliphatic rings. The molecule has 182 valence electrons. The molecule has 0 unspecified atom stereocenters. The van der Waals surface area contributed by atoms with E-state index in [4.69, 9.17) is 14.2 Å². The number of aromatic nitrogens is 2. The second-order valence-electron chi connectivity index (χ2n) is 10.1. The first-order valence-corrected chi connectivity index (χ1v) is 11.2. The third-order valence-electron chi connectivity index (χ3n) is 4.76. The lowest BCUT2D eigenvalue weighted by Gasteiger charge is -2.28. The maximum atomic E-state index is 12.1. The van der Waals surface area contributed by atoms with Gasteiger partial charge in [0, 0.05) is 23.8 Å². The number of nitrogens with zero attached hydrogens (tertiary/aromatic N) is 2. The molecule has 0 radical (unpaired) electrons. The molecule has 0 spiro atoms. The Labute approximate surface area is 196 Å². The summed E-state index contributed by atoms with van der Waals surface area (Å²) >= 11 is 0. The molecule has 33 heavy (non-hydrogen) atoms. The Balaban J connectivity index is 1.95. The van der Waals surface area contributed by atoms with Crippen LogP contribution < -0.4 is 10.1 Å². The van der Waals surface area contributed by atoms with Gasteiger partial charge in [-0.05, 0) is 86.1 Å². The van der Waals surface area contributed by atoms with E-state index < -0.39 is 28.8 Å². The summed E-state index contributed by atoms with van der Waals surface area (Å²) in [7, 11) is 0. The molecule has 8 heteroatoms. The Hall–Kier alpha value is -3.03. The van der Waals surface area contributed by atoms with Gasteiger partial charge in [-0.15, -0.1) is 0 Å². The monoisotopic (exact) mass is 459 g/mol. The third kappa shape index (κ3) is 8.44. The Morgan fingerprint density at radius 2 is 1.67 bits per heavy atom. The van der Waals surface area contributed by atoms with Crippen LogP contribution >= 0.6 is 0 Å². The maximum absolute atomic E-state index is 12.1.